The van der Waals surface area contributed by atoms with Crippen molar-refractivity contribution < 1.29 is 24.8 Å². The van der Waals surface area contributed by atoms with Gasteiger partial charge in [0.25, 0.3) is 0 Å². The fraction of sp³-hybridized carbons (Fsp3) is 1.00. The van der Waals surface area contributed by atoms with Crippen LogP contribution in [-0.4, -0.2) is 19.8 Å². The van der Waals surface area contributed by atoms with E-state index in [2.05, 4.69) is 20.8 Å². The topological polar surface area (TPSA) is 0 Å². The zero-order chi connectivity index (χ0) is 9.94. The Bertz CT molecular complexity index is 80.6. The molecule has 0 amide bonds. The van der Waals surface area contributed by atoms with E-state index in [1.165, 1.54) is 38.5 Å². The molecule has 0 nitrogen and oxygen atoms in total. The van der Waals surface area contributed by atoms with E-state index >= 15 is 0 Å². The summed E-state index contributed by atoms with van der Waals surface area (Å²) in [4.78, 5) is 0. The summed E-state index contributed by atoms with van der Waals surface area (Å²) < 4.78 is 5.08. The Hall–Kier alpha value is 1.38. The Morgan fingerprint density at radius 1 is 0.600 bits per heavy atom. The molecule has 0 aromatic carbocycles. The SMILES string of the molecule is CCC[CH2][SnH+2]([CH2]CCC)[CH2]CCC.[Cl-].[Cl-]. The Balaban J connectivity index is -0.000000720. The Labute approximate surface area is 117 Å². The van der Waals surface area contributed by atoms with Crippen molar-refractivity contribution in [3.63, 3.8) is 0 Å². The first-order valence-corrected chi connectivity index (χ1v) is 13.3. The quantitative estimate of drug-likeness (QED) is 0.444. The number of hydrogen-bond donors (Lipinski definition) is 0. The largest absolute Gasteiger partial charge is 1.00 e. The van der Waals surface area contributed by atoms with Crippen molar-refractivity contribution in [1.29, 1.82) is 0 Å². The fourth-order valence-corrected chi connectivity index (χ4v) is 12.8. The van der Waals surface area contributed by atoms with Crippen molar-refractivity contribution in [3.8, 4) is 0 Å². The van der Waals surface area contributed by atoms with Gasteiger partial charge >= 0.3 is 92.4 Å². The second kappa shape index (κ2) is 17.8. The monoisotopic (exact) mass is 362 g/mol. The standard InChI is InChI=1S/3C4H9.2ClH.Sn.H/c3*1-3-4-2;;;;/h3*1,3-4H2,2H3;2*1H;;/q;;;;;+2;/p-2. The van der Waals surface area contributed by atoms with Crippen LogP contribution >= 0.6 is 0 Å². The van der Waals surface area contributed by atoms with Crippen LogP contribution in [0.1, 0.15) is 59.3 Å². The second-order valence-electron chi connectivity index (χ2n) is 4.29. The Kier molecular flexibility index (Phi) is 25.6. The van der Waals surface area contributed by atoms with Gasteiger partial charge in [0, 0.05) is 0 Å². The molecule has 0 aromatic heterocycles. The Morgan fingerprint density at radius 3 is 1.07 bits per heavy atom. The molecule has 0 bridgehead atoms. The molecule has 0 saturated heterocycles. The zero-order valence-electron chi connectivity index (χ0n) is 10.7. The molecule has 0 rings (SSSR count). The maximum Gasteiger partial charge on any atom is -1.00 e. The third kappa shape index (κ3) is 15.4. The predicted octanol–water partition coefficient (Wildman–Crippen LogP) is -1.38. The first kappa shape index (κ1) is 21.6. The summed E-state index contributed by atoms with van der Waals surface area (Å²) in [6.45, 7) is 7.01. The molecule has 0 aliphatic heterocycles. The van der Waals surface area contributed by atoms with Crippen molar-refractivity contribution in [3.05, 3.63) is 0 Å². The molecule has 0 saturated carbocycles. The number of rotatable bonds is 9. The first-order chi connectivity index (χ1) is 6.35. The van der Waals surface area contributed by atoms with Crippen LogP contribution in [0.25, 0.3) is 0 Å². The van der Waals surface area contributed by atoms with Crippen molar-refractivity contribution in [2.45, 2.75) is 72.6 Å². The van der Waals surface area contributed by atoms with E-state index in [0.717, 1.165) is 0 Å². The van der Waals surface area contributed by atoms with Gasteiger partial charge in [0.2, 0.25) is 0 Å². The number of hydrogen-bond acceptors (Lipinski definition) is 0. The van der Waals surface area contributed by atoms with E-state index in [1.54, 1.807) is 13.3 Å². The summed E-state index contributed by atoms with van der Waals surface area (Å²) >= 11 is -0.967. The smallest absolute Gasteiger partial charge is 1.00 e. The van der Waals surface area contributed by atoms with E-state index in [0.29, 0.717) is 0 Å². The third-order valence-corrected chi connectivity index (χ3v) is 13.4. The molecule has 0 spiro atoms. The summed E-state index contributed by atoms with van der Waals surface area (Å²) in [7, 11) is 0. The van der Waals surface area contributed by atoms with Crippen LogP contribution in [0.2, 0.25) is 13.3 Å². The molecule has 94 valence electrons. The minimum absolute atomic E-state index is 0. The summed E-state index contributed by atoms with van der Waals surface area (Å²) in [5.41, 5.74) is 0. The van der Waals surface area contributed by atoms with Gasteiger partial charge in [-0.3, -0.25) is 0 Å². The fourth-order valence-electron chi connectivity index (χ4n) is 1.91. The van der Waals surface area contributed by atoms with Crippen LogP contribution in [0, 0.1) is 0 Å². The number of unbranched alkanes of at least 4 members (excludes halogenated alkanes) is 3. The minimum atomic E-state index is -0.967. The van der Waals surface area contributed by atoms with Gasteiger partial charge in [-0.2, -0.15) is 0 Å². The van der Waals surface area contributed by atoms with Gasteiger partial charge in [-0.05, 0) is 0 Å². The predicted molar refractivity (Wildman–Crippen MR) is 66.3 cm³/mol. The van der Waals surface area contributed by atoms with Crippen LogP contribution in [0.3, 0.4) is 0 Å². The molecule has 0 heterocycles. The summed E-state index contributed by atoms with van der Waals surface area (Å²) in [5.74, 6) is 0. The van der Waals surface area contributed by atoms with Crippen LogP contribution in [0.4, 0.5) is 0 Å². The molecule has 0 fully saturated rings. The summed E-state index contributed by atoms with van der Waals surface area (Å²) in [6.07, 6.45) is 8.87. The van der Waals surface area contributed by atoms with Gasteiger partial charge in [-0.25, -0.2) is 0 Å². The first-order valence-electron chi connectivity index (χ1n) is 6.35. The molecule has 0 atom stereocenters. The van der Waals surface area contributed by atoms with Gasteiger partial charge in [0.05, 0.1) is 0 Å². The molecule has 0 unspecified atom stereocenters. The molecule has 15 heavy (non-hydrogen) atoms. The average Bonchev–Trinajstić information content (AvgIpc) is 2.17. The van der Waals surface area contributed by atoms with Crippen LogP contribution in [0.5, 0.6) is 0 Å². The van der Waals surface area contributed by atoms with Gasteiger partial charge in [-0.1, -0.05) is 0 Å². The van der Waals surface area contributed by atoms with Crippen molar-refractivity contribution in [2.24, 2.45) is 0 Å². The number of halogens is 2. The molecule has 0 N–H and O–H groups in total. The maximum atomic E-state index is 2.34. The Morgan fingerprint density at radius 2 is 0.867 bits per heavy atom. The molecular formula is C12H28Cl2Sn. The van der Waals surface area contributed by atoms with E-state index in [1.807, 2.05) is 0 Å². The summed E-state index contributed by atoms with van der Waals surface area (Å²) in [6, 6.07) is 0. The molecule has 3 heteroatoms. The molecule has 0 aliphatic rings. The second-order valence-corrected chi connectivity index (χ2v) is 14.2. The zero-order valence-corrected chi connectivity index (χ0v) is 15.5. The minimum Gasteiger partial charge on any atom is -1.00 e. The van der Waals surface area contributed by atoms with Gasteiger partial charge in [0.15, 0.2) is 0 Å². The average molecular weight is 362 g/mol. The van der Waals surface area contributed by atoms with Crippen LogP contribution in [-0.2, 0) is 0 Å². The molecule has 2 radical (unpaired) electrons. The van der Waals surface area contributed by atoms with Crippen molar-refractivity contribution in [2.75, 3.05) is 0 Å². The van der Waals surface area contributed by atoms with Gasteiger partial charge in [-0.15, -0.1) is 0 Å². The normalized spacial score (nSPS) is 9.60. The third-order valence-electron chi connectivity index (χ3n) is 2.90. The van der Waals surface area contributed by atoms with E-state index in [9.17, 15) is 0 Å². The van der Waals surface area contributed by atoms with Crippen molar-refractivity contribution >= 4 is 19.8 Å². The molecular weight excluding hydrogens is 334 g/mol. The molecule has 0 aromatic rings. The van der Waals surface area contributed by atoms with Crippen molar-refractivity contribution in [1.82, 2.24) is 0 Å². The molecule has 0 aliphatic carbocycles. The van der Waals surface area contributed by atoms with Crippen LogP contribution in [0.15, 0.2) is 0 Å². The van der Waals surface area contributed by atoms with E-state index in [4.69, 9.17) is 0 Å². The van der Waals surface area contributed by atoms with Gasteiger partial charge < -0.3 is 24.8 Å². The van der Waals surface area contributed by atoms with Crippen LogP contribution < -0.4 is 24.8 Å². The summed E-state index contributed by atoms with van der Waals surface area (Å²) in [5, 5.41) is 0. The maximum absolute atomic E-state index is 2.34. The van der Waals surface area contributed by atoms with E-state index < -0.39 is 19.8 Å². The van der Waals surface area contributed by atoms with E-state index in [-0.39, 0.29) is 24.8 Å². The van der Waals surface area contributed by atoms with Gasteiger partial charge in [0.1, 0.15) is 0 Å².